The molecule has 3 unspecified atom stereocenters. The average molecular weight is 542 g/mol. The van der Waals surface area contributed by atoms with E-state index in [1.807, 2.05) is 0 Å². The fraction of sp³-hybridized carbons (Fsp3) is 0.250. The number of nitrogens with one attached hydrogen (secondary N) is 2. The number of methoxy groups -OCH3 is 1. The van der Waals surface area contributed by atoms with Crippen molar-refractivity contribution in [1.29, 1.82) is 0 Å². The Morgan fingerprint density at radius 2 is 1.23 bits per heavy atom. The van der Waals surface area contributed by atoms with Gasteiger partial charge in [-0.05, 0) is 59.5 Å². The van der Waals surface area contributed by atoms with E-state index in [0.29, 0.717) is 16.7 Å². The molecule has 0 heterocycles. The highest BCUT2D eigenvalue weighted by atomic mass is 19.1. The van der Waals surface area contributed by atoms with Gasteiger partial charge >= 0.3 is 5.97 Å². The van der Waals surface area contributed by atoms with Crippen LogP contribution in [0.3, 0.4) is 0 Å². The molecule has 0 aliphatic rings. The van der Waals surface area contributed by atoms with E-state index in [1.54, 1.807) is 0 Å². The van der Waals surface area contributed by atoms with E-state index in [0.717, 1.165) is 7.11 Å². The van der Waals surface area contributed by atoms with Gasteiger partial charge in [-0.2, -0.15) is 0 Å². The van der Waals surface area contributed by atoms with Crippen LogP contribution in [0.2, 0.25) is 0 Å². The van der Waals surface area contributed by atoms with E-state index < -0.39 is 47.5 Å². The van der Waals surface area contributed by atoms with E-state index in [-0.39, 0.29) is 30.8 Å². The topological polar surface area (TPSA) is 151 Å². The van der Waals surface area contributed by atoms with Gasteiger partial charge in [-0.1, -0.05) is 30.3 Å². The molecule has 0 aliphatic heterocycles. The van der Waals surface area contributed by atoms with Gasteiger partial charge in [0.15, 0.2) is 11.5 Å². The Morgan fingerprint density at radius 3 is 1.74 bits per heavy atom. The van der Waals surface area contributed by atoms with Crippen molar-refractivity contribution in [2.75, 3.05) is 7.11 Å². The fourth-order valence-corrected chi connectivity index (χ4v) is 3.85. The summed E-state index contributed by atoms with van der Waals surface area (Å²) in [6.45, 7) is 0. The molecular formula is C28H29F2N3O6. The zero-order valence-electron chi connectivity index (χ0n) is 21.1. The van der Waals surface area contributed by atoms with Crippen LogP contribution in [0.4, 0.5) is 8.78 Å². The Hall–Kier alpha value is -4.51. The van der Waals surface area contributed by atoms with Crippen molar-refractivity contribution in [3.05, 3.63) is 95.1 Å². The molecule has 0 saturated carbocycles. The fourth-order valence-electron chi connectivity index (χ4n) is 3.85. The number of rotatable bonds is 11. The van der Waals surface area contributed by atoms with Crippen LogP contribution in [-0.2, 0) is 38.4 Å². The normalized spacial score (nSPS) is 13.1. The largest absolute Gasteiger partial charge is 0.504 e. The predicted molar refractivity (Wildman–Crippen MR) is 138 cm³/mol. The smallest absolute Gasteiger partial charge is 0.328 e. The molecule has 0 spiro atoms. The van der Waals surface area contributed by atoms with Crippen LogP contribution in [0.25, 0.3) is 0 Å². The quantitative estimate of drug-likeness (QED) is 0.184. The average Bonchev–Trinajstić information content (AvgIpc) is 2.91. The number of esters is 1. The molecule has 9 nitrogen and oxygen atoms in total. The lowest BCUT2D eigenvalue weighted by Gasteiger charge is -2.24. The first kappa shape index (κ1) is 29.1. The van der Waals surface area contributed by atoms with Crippen LogP contribution in [0.5, 0.6) is 11.5 Å². The third kappa shape index (κ3) is 8.50. The van der Waals surface area contributed by atoms with Crippen molar-refractivity contribution in [3.63, 3.8) is 0 Å². The van der Waals surface area contributed by atoms with Crippen molar-refractivity contribution >= 4 is 17.8 Å². The second-order valence-electron chi connectivity index (χ2n) is 8.94. The number of phenols is 2. The third-order valence-electron chi connectivity index (χ3n) is 5.97. The lowest BCUT2D eigenvalue weighted by Crippen LogP contribution is -2.56. The minimum absolute atomic E-state index is 0.000231. The molecule has 206 valence electrons. The summed E-state index contributed by atoms with van der Waals surface area (Å²) in [5.74, 6) is -3.80. The zero-order chi connectivity index (χ0) is 28.5. The first-order valence-corrected chi connectivity index (χ1v) is 12.0. The van der Waals surface area contributed by atoms with Crippen LogP contribution >= 0.6 is 0 Å². The lowest BCUT2D eigenvalue weighted by atomic mass is 10.0. The lowest BCUT2D eigenvalue weighted by molar-refractivity contribution is -0.145. The summed E-state index contributed by atoms with van der Waals surface area (Å²) in [4.78, 5) is 38.7. The maximum Gasteiger partial charge on any atom is 0.328 e. The summed E-state index contributed by atoms with van der Waals surface area (Å²) in [5.41, 5.74) is 7.60. The van der Waals surface area contributed by atoms with E-state index in [1.165, 1.54) is 66.7 Å². The molecule has 2 amide bonds. The summed E-state index contributed by atoms with van der Waals surface area (Å²) in [6.07, 6.45) is -0.0608. The van der Waals surface area contributed by atoms with Crippen LogP contribution < -0.4 is 16.4 Å². The minimum atomic E-state index is -1.21. The number of hydrogen-bond acceptors (Lipinski definition) is 7. The predicted octanol–water partition coefficient (Wildman–Crippen LogP) is 1.87. The molecule has 6 N–H and O–H groups in total. The van der Waals surface area contributed by atoms with Gasteiger partial charge in [0.1, 0.15) is 23.7 Å². The minimum Gasteiger partial charge on any atom is -0.504 e. The second kappa shape index (κ2) is 13.3. The number of amides is 2. The van der Waals surface area contributed by atoms with Crippen molar-refractivity contribution in [1.82, 2.24) is 10.6 Å². The van der Waals surface area contributed by atoms with E-state index in [4.69, 9.17) is 10.5 Å². The monoisotopic (exact) mass is 541 g/mol. The number of hydrogen-bond donors (Lipinski definition) is 5. The number of carbonyl (C=O) groups excluding carboxylic acids is 3. The van der Waals surface area contributed by atoms with Crippen molar-refractivity contribution in [2.45, 2.75) is 37.4 Å². The summed E-state index contributed by atoms with van der Waals surface area (Å²) >= 11 is 0. The van der Waals surface area contributed by atoms with Crippen LogP contribution in [-0.4, -0.2) is 53.2 Å². The molecule has 0 saturated heterocycles. The molecule has 0 radical (unpaired) electrons. The summed E-state index contributed by atoms with van der Waals surface area (Å²) in [6, 6.07) is 11.2. The zero-order valence-corrected chi connectivity index (χ0v) is 21.1. The van der Waals surface area contributed by atoms with Gasteiger partial charge < -0.3 is 31.3 Å². The van der Waals surface area contributed by atoms with Crippen LogP contribution in [0, 0.1) is 11.6 Å². The number of nitrogens with two attached hydrogens (primary N) is 1. The van der Waals surface area contributed by atoms with E-state index in [9.17, 15) is 33.4 Å². The number of halogens is 2. The standard InChI is InChI=1S/C28H29F2N3O6/c1-39-28(38)23(14-17-4-9-20(30)10-5-17)33-27(37)22(13-16-2-7-19(29)8-3-16)32-26(36)21(31)12-18-6-11-24(34)25(35)15-18/h2-11,15,21-23,34-35H,12-14,31H2,1H3,(H,32,36)(H,33,37). The molecule has 0 aliphatic carbocycles. The molecule has 39 heavy (non-hydrogen) atoms. The highest BCUT2D eigenvalue weighted by Gasteiger charge is 2.29. The number of benzene rings is 3. The maximum atomic E-state index is 13.4. The van der Waals surface area contributed by atoms with Crippen LogP contribution in [0.15, 0.2) is 66.7 Å². The molecular weight excluding hydrogens is 512 g/mol. The van der Waals surface area contributed by atoms with E-state index >= 15 is 0 Å². The van der Waals surface area contributed by atoms with Gasteiger partial charge in [0.05, 0.1) is 13.2 Å². The van der Waals surface area contributed by atoms with Crippen LogP contribution in [0.1, 0.15) is 16.7 Å². The number of aromatic hydroxyl groups is 2. The molecule has 11 heteroatoms. The van der Waals surface area contributed by atoms with Gasteiger partial charge in [-0.15, -0.1) is 0 Å². The second-order valence-corrected chi connectivity index (χ2v) is 8.94. The Labute approximate surface area is 223 Å². The maximum absolute atomic E-state index is 13.4. The van der Waals surface area contributed by atoms with E-state index in [2.05, 4.69) is 10.6 Å². The van der Waals surface area contributed by atoms with Crippen molar-refractivity contribution < 1.29 is 38.1 Å². The third-order valence-corrected chi connectivity index (χ3v) is 5.97. The SMILES string of the molecule is COC(=O)C(Cc1ccc(F)cc1)NC(=O)C(Cc1ccc(F)cc1)NC(=O)C(N)Cc1ccc(O)c(O)c1. The van der Waals surface area contributed by atoms with Gasteiger partial charge in [-0.25, -0.2) is 13.6 Å². The summed E-state index contributed by atoms with van der Waals surface area (Å²) < 4.78 is 31.5. The highest BCUT2D eigenvalue weighted by Crippen LogP contribution is 2.25. The Morgan fingerprint density at radius 1 is 0.744 bits per heavy atom. The summed E-state index contributed by atoms with van der Waals surface area (Å²) in [5, 5.41) is 24.3. The first-order valence-electron chi connectivity index (χ1n) is 12.0. The molecule has 3 aromatic carbocycles. The van der Waals surface area contributed by atoms with Crippen molar-refractivity contribution in [2.24, 2.45) is 5.73 Å². The van der Waals surface area contributed by atoms with Gasteiger partial charge in [-0.3, -0.25) is 9.59 Å². The number of carbonyl (C=O) groups is 3. The number of phenolic OH excluding ortho intramolecular Hbond substituents is 2. The van der Waals surface area contributed by atoms with Crippen molar-refractivity contribution in [3.8, 4) is 11.5 Å². The molecule has 0 bridgehead atoms. The molecule has 3 rings (SSSR count). The Kier molecular flexibility index (Phi) is 9.93. The molecule has 3 aromatic rings. The van der Waals surface area contributed by atoms with Gasteiger partial charge in [0.2, 0.25) is 11.8 Å². The number of ether oxygens (including phenoxy) is 1. The Bertz CT molecular complexity index is 1300. The van der Waals surface area contributed by atoms with Gasteiger partial charge in [0, 0.05) is 12.8 Å². The Balaban J connectivity index is 1.78. The first-order chi connectivity index (χ1) is 18.5. The molecule has 0 fully saturated rings. The summed E-state index contributed by atoms with van der Waals surface area (Å²) in [7, 11) is 1.16. The van der Waals surface area contributed by atoms with Gasteiger partial charge in [0.25, 0.3) is 0 Å². The molecule has 3 atom stereocenters. The molecule has 0 aromatic heterocycles. The highest BCUT2D eigenvalue weighted by molar-refractivity contribution is 5.92.